The van der Waals surface area contributed by atoms with Gasteiger partial charge in [0, 0.05) is 31.5 Å². The highest BCUT2D eigenvalue weighted by Crippen LogP contribution is 2.34. The summed E-state index contributed by atoms with van der Waals surface area (Å²) in [5.41, 5.74) is -0.298. The smallest absolute Gasteiger partial charge is 0.417 e. The van der Waals surface area contributed by atoms with Gasteiger partial charge in [0.2, 0.25) is 11.8 Å². The van der Waals surface area contributed by atoms with Crippen LogP contribution in [0.5, 0.6) is 5.88 Å². The van der Waals surface area contributed by atoms with Crippen molar-refractivity contribution >= 4 is 29.0 Å². The number of hydrogen-bond acceptors (Lipinski definition) is 5. The lowest BCUT2D eigenvalue weighted by Gasteiger charge is -2.35. The molecular weight excluding hydrogens is 373 g/mol. The van der Waals surface area contributed by atoms with Gasteiger partial charge in [-0.15, -0.1) is 0 Å². The summed E-state index contributed by atoms with van der Waals surface area (Å²) in [6, 6.07) is 4.13. The fourth-order valence-electron chi connectivity index (χ4n) is 2.62. The molecule has 0 unspecified atom stereocenters. The molecular formula is C16H14ClF3N4O2. The lowest BCUT2D eigenvalue weighted by molar-refractivity contribution is -0.137. The Hall–Kier alpha value is -2.55. The summed E-state index contributed by atoms with van der Waals surface area (Å²) < 4.78 is 43.2. The van der Waals surface area contributed by atoms with Crippen molar-refractivity contribution in [2.24, 2.45) is 0 Å². The van der Waals surface area contributed by atoms with E-state index >= 15 is 0 Å². The van der Waals surface area contributed by atoms with Crippen LogP contribution in [0.25, 0.3) is 0 Å². The van der Waals surface area contributed by atoms with Crippen LogP contribution in [0.2, 0.25) is 5.02 Å². The highest BCUT2D eigenvalue weighted by atomic mass is 35.5. The fourth-order valence-corrected chi connectivity index (χ4v) is 2.91. The molecule has 1 aliphatic heterocycles. The predicted octanol–water partition coefficient (Wildman–Crippen LogP) is 3.01. The molecule has 1 saturated heterocycles. The third-order valence-corrected chi connectivity index (χ3v) is 4.19. The summed E-state index contributed by atoms with van der Waals surface area (Å²) in [6.45, 7) is 0.641. The number of halogens is 4. The number of aromatic nitrogens is 2. The summed E-state index contributed by atoms with van der Waals surface area (Å²) in [7, 11) is 1.48. The molecule has 138 valence electrons. The quantitative estimate of drug-likeness (QED) is 0.811. The zero-order valence-electron chi connectivity index (χ0n) is 13.6. The molecule has 1 aliphatic rings. The van der Waals surface area contributed by atoms with Crippen molar-refractivity contribution in [2.45, 2.75) is 6.18 Å². The minimum atomic E-state index is -4.52. The third-order valence-electron chi connectivity index (χ3n) is 3.91. The van der Waals surface area contributed by atoms with Gasteiger partial charge in [0.05, 0.1) is 29.9 Å². The van der Waals surface area contributed by atoms with Gasteiger partial charge in [-0.3, -0.25) is 4.79 Å². The number of methoxy groups -OCH3 is 1. The Labute approximate surface area is 152 Å². The van der Waals surface area contributed by atoms with Gasteiger partial charge in [0.25, 0.3) is 0 Å². The maximum absolute atomic E-state index is 12.7. The molecule has 0 saturated carbocycles. The number of anilines is 2. The molecule has 0 aromatic carbocycles. The Kier molecular flexibility index (Phi) is 4.90. The molecule has 0 spiro atoms. The topological polar surface area (TPSA) is 58.6 Å². The maximum atomic E-state index is 12.7. The zero-order chi connectivity index (χ0) is 18.9. The SMILES string of the molecule is COc1cc(N2CCN(c3ncc(C(F)(F)F)cc3Cl)CC2=O)ccn1. The molecule has 3 rings (SSSR count). The van der Waals surface area contributed by atoms with Crippen LogP contribution in [0.15, 0.2) is 30.6 Å². The molecule has 0 radical (unpaired) electrons. The van der Waals surface area contributed by atoms with E-state index in [2.05, 4.69) is 9.97 Å². The van der Waals surface area contributed by atoms with Gasteiger partial charge in [-0.2, -0.15) is 13.2 Å². The van der Waals surface area contributed by atoms with Crippen molar-refractivity contribution in [1.82, 2.24) is 9.97 Å². The first-order chi connectivity index (χ1) is 12.3. The second-order valence-corrected chi connectivity index (χ2v) is 5.96. The molecule has 2 aromatic rings. The lowest BCUT2D eigenvalue weighted by Crippen LogP contribution is -2.51. The van der Waals surface area contributed by atoms with Crippen LogP contribution in [0, 0.1) is 0 Å². The minimum Gasteiger partial charge on any atom is -0.481 e. The number of piperazine rings is 1. The monoisotopic (exact) mass is 386 g/mol. The summed E-state index contributed by atoms with van der Waals surface area (Å²) in [5.74, 6) is 0.299. The summed E-state index contributed by atoms with van der Waals surface area (Å²) >= 11 is 5.96. The number of alkyl halides is 3. The predicted molar refractivity (Wildman–Crippen MR) is 89.6 cm³/mol. The second-order valence-electron chi connectivity index (χ2n) is 5.55. The van der Waals surface area contributed by atoms with Crippen LogP contribution in [0.4, 0.5) is 24.7 Å². The number of pyridine rings is 2. The van der Waals surface area contributed by atoms with Crippen LogP contribution in [-0.4, -0.2) is 42.6 Å². The van der Waals surface area contributed by atoms with Crippen LogP contribution >= 0.6 is 11.6 Å². The van der Waals surface area contributed by atoms with E-state index in [1.165, 1.54) is 13.3 Å². The average Bonchev–Trinajstić information content (AvgIpc) is 2.60. The number of carbonyl (C=O) groups is 1. The molecule has 2 aromatic heterocycles. The first-order valence-electron chi connectivity index (χ1n) is 7.57. The highest BCUT2D eigenvalue weighted by molar-refractivity contribution is 6.33. The fraction of sp³-hybridized carbons (Fsp3) is 0.312. The molecule has 0 N–H and O–H groups in total. The van der Waals surface area contributed by atoms with E-state index in [-0.39, 0.29) is 23.3 Å². The average molecular weight is 387 g/mol. The van der Waals surface area contributed by atoms with E-state index in [0.717, 1.165) is 6.07 Å². The molecule has 0 aliphatic carbocycles. The highest BCUT2D eigenvalue weighted by Gasteiger charge is 2.33. The Morgan fingerprint density at radius 3 is 2.62 bits per heavy atom. The number of rotatable bonds is 3. The number of nitrogens with zero attached hydrogens (tertiary/aromatic N) is 4. The summed E-state index contributed by atoms with van der Waals surface area (Å²) in [4.78, 5) is 23.4. The van der Waals surface area contributed by atoms with Gasteiger partial charge >= 0.3 is 6.18 Å². The van der Waals surface area contributed by atoms with E-state index in [0.29, 0.717) is 30.9 Å². The Morgan fingerprint density at radius 1 is 1.23 bits per heavy atom. The molecule has 26 heavy (non-hydrogen) atoms. The number of ether oxygens (including phenoxy) is 1. The van der Waals surface area contributed by atoms with Crippen molar-refractivity contribution in [2.75, 3.05) is 36.5 Å². The van der Waals surface area contributed by atoms with Crippen LogP contribution < -0.4 is 14.5 Å². The van der Waals surface area contributed by atoms with Crippen LogP contribution in [0.1, 0.15) is 5.56 Å². The normalized spacial score (nSPS) is 15.3. The van der Waals surface area contributed by atoms with Crippen molar-refractivity contribution in [1.29, 1.82) is 0 Å². The first-order valence-corrected chi connectivity index (χ1v) is 7.95. The number of carbonyl (C=O) groups excluding carboxylic acids is 1. The van der Waals surface area contributed by atoms with Crippen molar-refractivity contribution in [3.05, 3.63) is 41.2 Å². The van der Waals surface area contributed by atoms with Gasteiger partial charge in [-0.05, 0) is 12.1 Å². The lowest BCUT2D eigenvalue weighted by atomic mass is 10.2. The van der Waals surface area contributed by atoms with E-state index < -0.39 is 11.7 Å². The van der Waals surface area contributed by atoms with Gasteiger partial charge in [-0.25, -0.2) is 9.97 Å². The standard InChI is InChI=1S/C16H14ClF3N4O2/c1-26-13-7-11(2-3-21-13)24-5-4-23(9-14(24)25)15-12(17)6-10(8-22-15)16(18,19)20/h2-3,6-8H,4-5,9H2,1H3. The van der Waals surface area contributed by atoms with Crippen LogP contribution in [-0.2, 0) is 11.0 Å². The molecule has 1 amide bonds. The summed E-state index contributed by atoms with van der Waals surface area (Å²) in [5, 5.41) is -0.147. The van der Waals surface area contributed by atoms with E-state index in [4.69, 9.17) is 16.3 Å². The van der Waals surface area contributed by atoms with Gasteiger partial charge in [0.1, 0.15) is 5.82 Å². The Balaban J connectivity index is 1.77. The number of amides is 1. The largest absolute Gasteiger partial charge is 0.481 e. The minimum absolute atomic E-state index is 0.0529. The first kappa shape index (κ1) is 18.2. The molecule has 0 bridgehead atoms. The molecule has 10 heteroatoms. The second kappa shape index (κ2) is 6.99. The zero-order valence-corrected chi connectivity index (χ0v) is 14.4. The van der Waals surface area contributed by atoms with E-state index in [9.17, 15) is 18.0 Å². The van der Waals surface area contributed by atoms with Crippen molar-refractivity contribution < 1.29 is 22.7 Å². The van der Waals surface area contributed by atoms with E-state index in [1.807, 2.05) is 0 Å². The van der Waals surface area contributed by atoms with Gasteiger partial charge < -0.3 is 14.5 Å². The van der Waals surface area contributed by atoms with Crippen molar-refractivity contribution in [3.63, 3.8) is 0 Å². The van der Waals surface area contributed by atoms with Gasteiger partial charge in [0.15, 0.2) is 0 Å². The molecule has 0 atom stereocenters. The van der Waals surface area contributed by atoms with Crippen molar-refractivity contribution in [3.8, 4) is 5.88 Å². The third kappa shape index (κ3) is 3.67. The summed E-state index contributed by atoms with van der Waals surface area (Å²) in [6.07, 6.45) is -2.28. The Morgan fingerprint density at radius 2 is 2.00 bits per heavy atom. The maximum Gasteiger partial charge on any atom is 0.417 e. The molecule has 6 nitrogen and oxygen atoms in total. The van der Waals surface area contributed by atoms with Crippen LogP contribution in [0.3, 0.4) is 0 Å². The number of hydrogen-bond donors (Lipinski definition) is 0. The molecule has 3 heterocycles. The Bertz CT molecular complexity index is 831. The van der Waals surface area contributed by atoms with E-state index in [1.54, 1.807) is 21.9 Å². The van der Waals surface area contributed by atoms with Gasteiger partial charge in [-0.1, -0.05) is 11.6 Å². The molecule has 1 fully saturated rings.